The highest BCUT2D eigenvalue weighted by atomic mass is 32.2. The summed E-state index contributed by atoms with van der Waals surface area (Å²) in [5.74, 6) is 1.38. The highest BCUT2D eigenvalue weighted by molar-refractivity contribution is 7.98. The zero-order chi connectivity index (χ0) is 24.0. The molecule has 0 spiro atoms. The standard InChI is InChI=1S/C25H23F3O4S/c1-16-12-23(22(30-2)13-21(16)32-14-24(29)31-3)33-15-17-4-6-18(7-5-17)19-8-10-20(11-9-19)25(26,27)28/h4-13H,14-15H2,1-3H3. The van der Waals surface area contributed by atoms with Crippen LogP contribution in [0.25, 0.3) is 11.1 Å². The van der Waals surface area contributed by atoms with Gasteiger partial charge in [-0.1, -0.05) is 36.4 Å². The van der Waals surface area contributed by atoms with Crippen LogP contribution < -0.4 is 9.47 Å². The minimum absolute atomic E-state index is 0.182. The Bertz CT molecular complexity index is 1090. The largest absolute Gasteiger partial charge is 0.495 e. The summed E-state index contributed by atoms with van der Waals surface area (Å²) in [7, 11) is 2.87. The van der Waals surface area contributed by atoms with Crippen molar-refractivity contribution < 1.29 is 32.2 Å². The smallest absolute Gasteiger partial charge is 0.416 e. The van der Waals surface area contributed by atoms with Gasteiger partial charge in [-0.05, 0) is 47.4 Å². The minimum atomic E-state index is -4.34. The summed E-state index contributed by atoms with van der Waals surface area (Å²) in [6.45, 7) is 1.70. The van der Waals surface area contributed by atoms with E-state index in [0.29, 0.717) is 17.3 Å². The molecule has 0 N–H and O–H groups in total. The number of methoxy groups -OCH3 is 2. The average Bonchev–Trinajstić information content (AvgIpc) is 2.81. The van der Waals surface area contributed by atoms with E-state index in [9.17, 15) is 18.0 Å². The Morgan fingerprint density at radius 1 is 0.909 bits per heavy atom. The van der Waals surface area contributed by atoms with Crippen molar-refractivity contribution >= 4 is 17.7 Å². The van der Waals surface area contributed by atoms with Crippen LogP contribution in [0.15, 0.2) is 65.6 Å². The molecule has 174 valence electrons. The SMILES string of the molecule is COC(=O)COc1cc(OC)c(SCc2ccc(-c3ccc(C(F)(F)F)cc3)cc2)cc1C. The van der Waals surface area contributed by atoms with Crippen molar-refractivity contribution in [3.63, 3.8) is 0 Å². The molecule has 0 saturated heterocycles. The second-order valence-electron chi connectivity index (χ2n) is 7.19. The van der Waals surface area contributed by atoms with Crippen LogP contribution in [0, 0.1) is 6.92 Å². The number of halogens is 3. The summed E-state index contributed by atoms with van der Waals surface area (Å²) in [6, 6.07) is 16.5. The molecular formula is C25H23F3O4S. The maximum Gasteiger partial charge on any atom is 0.416 e. The topological polar surface area (TPSA) is 44.8 Å². The first-order valence-electron chi connectivity index (χ1n) is 9.99. The molecule has 3 aromatic carbocycles. The fourth-order valence-corrected chi connectivity index (χ4v) is 4.13. The van der Waals surface area contributed by atoms with Crippen LogP contribution in [0.4, 0.5) is 13.2 Å². The van der Waals surface area contributed by atoms with Crippen molar-refractivity contribution in [2.45, 2.75) is 23.7 Å². The summed E-state index contributed by atoms with van der Waals surface area (Å²) in [4.78, 5) is 12.2. The van der Waals surface area contributed by atoms with E-state index >= 15 is 0 Å². The van der Waals surface area contributed by atoms with Crippen LogP contribution in [0.5, 0.6) is 11.5 Å². The third kappa shape index (κ3) is 6.44. The molecule has 0 aliphatic rings. The third-order valence-electron chi connectivity index (χ3n) is 4.93. The molecule has 8 heteroatoms. The highest BCUT2D eigenvalue weighted by Crippen LogP contribution is 2.37. The van der Waals surface area contributed by atoms with Crippen molar-refractivity contribution in [3.8, 4) is 22.6 Å². The van der Waals surface area contributed by atoms with Gasteiger partial charge in [-0.15, -0.1) is 11.8 Å². The van der Waals surface area contributed by atoms with Crippen molar-refractivity contribution in [2.75, 3.05) is 20.8 Å². The number of carbonyl (C=O) groups excluding carboxylic acids is 1. The van der Waals surface area contributed by atoms with Crippen LogP contribution in [0.1, 0.15) is 16.7 Å². The molecule has 0 fully saturated rings. The zero-order valence-electron chi connectivity index (χ0n) is 18.4. The lowest BCUT2D eigenvalue weighted by Gasteiger charge is -2.14. The van der Waals surface area contributed by atoms with Gasteiger partial charge in [0.05, 0.1) is 24.7 Å². The highest BCUT2D eigenvalue weighted by Gasteiger charge is 2.29. The van der Waals surface area contributed by atoms with Gasteiger partial charge in [0.15, 0.2) is 6.61 Å². The number of benzene rings is 3. The van der Waals surface area contributed by atoms with Gasteiger partial charge in [-0.3, -0.25) is 0 Å². The Morgan fingerprint density at radius 3 is 2.06 bits per heavy atom. The van der Waals surface area contributed by atoms with Gasteiger partial charge in [-0.25, -0.2) is 4.79 Å². The monoisotopic (exact) mass is 476 g/mol. The normalized spacial score (nSPS) is 11.2. The molecular weight excluding hydrogens is 453 g/mol. The number of rotatable bonds is 8. The molecule has 0 radical (unpaired) electrons. The number of carbonyl (C=O) groups is 1. The van der Waals surface area contributed by atoms with Crippen LogP contribution in [0.3, 0.4) is 0 Å². The first-order chi connectivity index (χ1) is 15.7. The third-order valence-corrected chi connectivity index (χ3v) is 6.04. The number of ether oxygens (including phenoxy) is 3. The Labute approximate surface area is 194 Å². The molecule has 3 rings (SSSR count). The predicted molar refractivity (Wildman–Crippen MR) is 122 cm³/mol. The van der Waals surface area contributed by atoms with E-state index in [2.05, 4.69) is 4.74 Å². The maximum absolute atomic E-state index is 12.7. The van der Waals surface area contributed by atoms with E-state index in [0.717, 1.165) is 39.3 Å². The van der Waals surface area contributed by atoms with Crippen LogP contribution in [-0.2, 0) is 21.5 Å². The van der Waals surface area contributed by atoms with Gasteiger partial charge in [0.2, 0.25) is 0 Å². The lowest BCUT2D eigenvalue weighted by Crippen LogP contribution is -2.13. The number of hydrogen-bond acceptors (Lipinski definition) is 5. The minimum Gasteiger partial charge on any atom is -0.495 e. The average molecular weight is 477 g/mol. The summed E-state index contributed by atoms with van der Waals surface area (Å²) >= 11 is 1.59. The van der Waals surface area contributed by atoms with Crippen molar-refractivity contribution in [3.05, 3.63) is 77.4 Å². The first kappa shape index (κ1) is 24.5. The molecule has 0 heterocycles. The molecule has 4 nitrogen and oxygen atoms in total. The van der Waals surface area contributed by atoms with Gasteiger partial charge in [0, 0.05) is 11.8 Å². The second kappa shape index (κ2) is 10.7. The first-order valence-corrected chi connectivity index (χ1v) is 11.0. The summed E-state index contributed by atoms with van der Waals surface area (Å²) < 4.78 is 53.8. The van der Waals surface area contributed by atoms with Crippen LogP contribution >= 0.6 is 11.8 Å². The number of esters is 1. The molecule has 0 aliphatic carbocycles. The van der Waals surface area contributed by atoms with Crippen molar-refractivity contribution in [2.24, 2.45) is 0 Å². The van der Waals surface area contributed by atoms with Gasteiger partial charge in [-0.2, -0.15) is 13.2 Å². The van der Waals surface area contributed by atoms with Gasteiger partial charge < -0.3 is 14.2 Å². The Morgan fingerprint density at radius 2 is 1.52 bits per heavy atom. The number of alkyl halides is 3. The molecule has 0 atom stereocenters. The molecule has 0 saturated carbocycles. The second-order valence-corrected chi connectivity index (χ2v) is 8.21. The fourth-order valence-electron chi connectivity index (χ4n) is 3.07. The lowest BCUT2D eigenvalue weighted by molar-refractivity contribution is -0.143. The van der Waals surface area contributed by atoms with E-state index in [4.69, 9.17) is 9.47 Å². The maximum atomic E-state index is 12.7. The lowest BCUT2D eigenvalue weighted by atomic mass is 10.0. The molecule has 33 heavy (non-hydrogen) atoms. The fraction of sp³-hybridized carbons (Fsp3) is 0.240. The van der Waals surface area contributed by atoms with Crippen molar-refractivity contribution in [1.29, 1.82) is 0 Å². The molecule has 0 amide bonds. The zero-order valence-corrected chi connectivity index (χ0v) is 19.2. The number of thioether (sulfide) groups is 1. The Balaban J connectivity index is 1.67. The van der Waals surface area contributed by atoms with Gasteiger partial charge >= 0.3 is 12.1 Å². The molecule has 3 aromatic rings. The molecule has 0 aromatic heterocycles. The summed E-state index contributed by atoms with van der Waals surface area (Å²) in [5.41, 5.74) is 2.83. The van der Waals surface area contributed by atoms with Crippen LogP contribution in [-0.4, -0.2) is 26.8 Å². The van der Waals surface area contributed by atoms with E-state index in [1.807, 2.05) is 37.3 Å². The van der Waals surface area contributed by atoms with E-state index in [-0.39, 0.29) is 6.61 Å². The van der Waals surface area contributed by atoms with E-state index in [1.165, 1.54) is 19.2 Å². The van der Waals surface area contributed by atoms with E-state index < -0.39 is 17.7 Å². The van der Waals surface area contributed by atoms with Gasteiger partial charge in [0.25, 0.3) is 0 Å². The number of hydrogen-bond donors (Lipinski definition) is 0. The molecule has 0 bridgehead atoms. The summed E-state index contributed by atoms with van der Waals surface area (Å²) in [5, 5.41) is 0. The quantitative estimate of drug-likeness (QED) is 0.273. The predicted octanol–water partition coefficient (Wildman–Crippen LogP) is 6.53. The van der Waals surface area contributed by atoms with Gasteiger partial charge in [0.1, 0.15) is 11.5 Å². The van der Waals surface area contributed by atoms with Crippen LogP contribution in [0.2, 0.25) is 0 Å². The summed E-state index contributed by atoms with van der Waals surface area (Å²) in [6.07, 6.45) is -4.34. The Hall–Kier alpha value is -3.13. The van der Waals surface area contributed by atoms with Crippen molar-refractivity contribution in [1.82, 2.24) is 0 Å². The van der Waals surface area contributed by atoms with E-state index in [1.54, 1.807) is 24.9 Å². The molecule has 0 aliphatic heterocycles. The molecule has 0 unspecified atom stereocenters. The number of aryl methyl sites for hydroxylation is 1. The Kier molecular flexibility index (Phi) is 7.92.